The van der Waals surface area contributed by atoms with E-state index in [1.807, 2.05) is 53.7 Å². The minimum atomic E-state index is -0.269. The van der Waals surface area contributed by atoms with Crippen LogP contribution in [0.4, 0.5) is 4.39 Å². The number of aryl methyl sites for hydroxylation is 2. The van der Waals surface area contributed by atoms with Gasteiger partial charge in [0.15, 0.2) is 5.65 Å². The fraction of sp³-hybridized carbons (Fsp3) is 0.138. The van der Waals surface area contributed by atoms with Gasteiger partial charge in [-0.1, -0.05) is 18.2 Å². The molecule has 188 valence electrons. The molecule has 0 N–H and O–H groups in total. The predicted octanol–water partition coefficient (Wildman–Crippen LogP) is 5.76. The van der Waals surface area contributed by atoms with Gasteiger partial charge in [-0.05, 0) is 62.2 Å². The Morgan fingerprint density at radius 1 is 0.921 bits per heavy atom. The van der Waals surface area contributed by atoms with Crippen molar-refractivity contribution >= 4 is 5.65 Å². The lowest BCUT2D eigenvalue weighted by Gasteiger charge is -2.16. The molecule has 0 radical (unpaired) electrons. The van der Waals surface area contributed by atoms with Crippen molar-refractivity contribution in [2.75, 3.05) is 0 Å². The first-order valence-electron chi connectivity index (χ1n) is 12.3. The highest BCUT2D eigenvalue weighted by Crippen LogP contribution is 2.27. The van der Waals surface area contributed by atoms with Gasteiger partial charge < -0.3 is 0 Å². The second kappa shape index (κ2) is 9.51. The Labute approximate surface area is 218 Å². The zero-order chi connectivity index (χ0) is 26.2. The second-order valence-corrected chi connectivity index (χ2v) is 9.17. The topological polar surface area (TPSA) is 78.7 Å². The fourth-order valence-electron chi connectivity index (χ4n) is 4.63. The van der Waals surface area contributed by atoms with E-state index in [0.29, 0.717) is 18.1 Å². The molecule has 0 aliphatic heterocycles. The number of fused-ring (bicyclic) bond motifs is 1. The predicted molar refractivity (Wildman–Crippen MR) is 143 cm³/mol. The first-order chi connectivity index (χ1) is 18.5. The molecule has 6 rings (SSSR count). The average Bonchev–Trinajstić information content (AvgIpc) is 3.66. The summed E-state index contributed by atoms with van der Waals surface area (Å²) >= 11 is 0. The Bertz CT molecular complexity index is 1740. The summed E-state index contributed by atoms with van der Waals surface area (Å²) in [6.07, 6.45) is 11.5. The molecule has 0 amide bonds. The third kappa shape index (κ3) is 4.28. The van der Waals surface area contributed by atoms with Crippen LogP contribution in [0.25, 0.3) is 34.1 Å². The largest absolute Gasteiger partial charge is 0.286 e. The van der Waals surface area contributed by atoms with Gasteiger partial charge in [-0.2, -0.15) is 10.1 Å². The number of halogens is 1. The van der Waals surface area contributed by atoms with Gasteiger partial charge in [-0.15, -0.1) is 11.7 Å². The number of nitrogens with zero attached hydrogens (tertiary/aromatic N) is 8. The van der Waals surface area contributed by atoms with E-state index in [9.17, 15) is 4.39 Å². The van der Waals surface area contributed by atoms with E-state index in [1.165, 1.54) is 12.1 Å². The maximum Gasteiger partial charge on any atom is 0.254 e. The van der Waals surface area contributed by atoms with Gasteiger partial charge in [0.1, 0.15) is 5.82 Å². The number of hydrogen-bond acceptors (Lipinski definition) is 5. The lowest BCUT2D eigenvalue weighted by Crippen LogP contribution is -2.10. The first kappa shape index (κ1) is 23.5. The van der Waals surface area contributed by atoms with E-state index in [-0.39, 0.29) is 11.9 Å². The van der Waals surface area contributed by atoms with Gasteiger partial charge in [-0.3, -0.25) is 14.2 Å². The van der Waals surface area contributed by atoms with E-state index in [1.54, 1.807) is 35.2 Å². The lowest BCUT2D eigenvalue weighted by molar-refractivity contribution is 0.527. The highest BCUT2D eigenvalue weighted by atomic mass is 19.1. The van der Waals surface area contributed by atoms with E-state index >= 15 is 0 Å². The van der Waals surface area contributed by atoms with E-state index < -0.39 is 0 Å². The molecule has 0 fully saturated rings. The summed E-state index contributed by atoms with van der Waals surface area (Å²) in [5.74, 6) is 0.361. The molecule has 0 spiro atoms. The van der Waals surface area contributed by atoms with Crippen molar-refractivity contribution in [3.8, 4) is 28.5 Å². The molecule has 8 nitrogen and oxygen atoms in total. The van der Waals surface area contributed by atoms with Crippen LogP contribution in [0.2, 0.25) is 0 Å². The lowest BCUT2D eigenvalue weighted by atomic mass is 10.0. The molecule has 1 unspecified atom stereocenters. The first-order valence-corrected chi connectivity index (χ1v) is 12.3. The third-order valence-electron chi connectivity index (χ3n) is 6.59. The van der Waals surface area contributed by atoms with Crippen molar-refractivity contribution in [1.29, 1.82) is 0 Å². The minimum Gasteiger partial charge on any atom is -0.286 e. The zero-order valence-electron chi connectivity index (χ0n) is 21.0. The number of pyridine rings is 1. The van der Waals surface area contributed by atoms with Crippen molar-refractivity contribution in [3.63, 3.8) is 0 Å². The molecule has 1 atom stereocenters. The maximum absolute atomic E-state index is 13.5. The van der Waals surface area contributed by atoms with Crippen LogP contribution in [0.15, 0.2) is 92.2 Å². The normalized spacial score (nSPS) is 12.2. The highest BCUT2D eigenvalue weighted by Gasteiger charge is 2.16. The molecule has 0 saturated heterocycles. The Kier molecular flexibility index (Phi) is 5.88. The van der Waals surface area contributed by atoms with Gasteiger partial charge in [0.25, 0.3) is 5.95 Å². The molecule has 0 saturated carbocycles. The smallest absolute Gasteiger partial charge is 0.254 e. The van der Waals surface area contributed by atoms with Crippen LogP contribution in [0, 0.1) is 19.7 Å². The third-order valence-corrected chi connectivity index (χ3v) is 6.59. The van der Waals surface area contributed by atoms with Crippen LogP contribution in [0.3, 0.4) is 0 Å². The molecule has 0 bridgehead atoms. The molecule has 6 aromatic rings. The van der Waals surface area contributed by atoms with Gasteiger partial charge in [0, 0.05) is 34.9 Å². The van der Waals surface area contributed by atoms with Crippen molar-refractivity contribution < 1.29 is 4.39 Å². The van der Waals surface area contributed by atoms with E-state index in [4.69, 9.17) is 9.97 Å². The van der Waals surface area contributed by atoms with E-state index in [0.717, 1.165) is 39.4 Å². The molecule has 1 aromatic carbocycles. The average molecular weight is 505 g/mol. The Balaban J connectivity index is 1.32. The van der Waals surface area contributed by atoms with Gasteiger partial charge in [0.2, 0.25) is 0 Å². The SMILES string of the molecule is C=CCC(c1ccc(F)cc1)n1cc(-c2cncc(-c3ccn4nc(-n5c(C)ccc5C)nc4c3)n2)cn1. The number of rotatable bonds is 7. The van der Waals surface area contributed by atoms with Gasteiger partial charge >= 0.3 is 0 Å². The highest BCUT2D eigenvalue weighted by molar-refractivity contribution is 5.66. The van der Waals surface area contributed by atoms with Gasteiger partial charge in [0.05, 0.1) is 36.0 Å². The van der Waals surface area contributed by atoms with Gasteiger partial charge in [-0.25, -0.2) is 13.9 Å². The van der Waals surface area contributed by atoms with Crippen molar-refractivity contribution in [2.45, 2.75) is 26.3 Å². The Morgan fingerprint density at radius 3 is 2.39 bits per heavy atom. The number of benzene rings is 1. The number of hydrogen-bond donors (Lipinski definition) is 0. The zero-order valence-corrected chi connectivity index (χ0v) is 21.0. The number of allylic oxidation sites excluding steroid dienone is 1. The van der Waals surface area contributed by atoms with Crippen molar-refractivity contribution in [2.24, 2.45) is 0 Å². The standard InChI is InChI=1S/C29H25FN8/c1-4-5-27(21-8-10-24(30)11-9-21)37-18-23(15-32-37)26-17-31-16-25(33-26)22-12-13-36-28(14-22)34-29(35-36)38-19(2)6-7-20(38)3/h4,6-18,27H,1,5H2,2-3H3. The summed E-state index contributed by atoms with van der Waals surface area (Å²) in [4.78, 5) is 14.0. The Morgan fingerprint density at radius 2 is 1.66 bits per heavy atom. The molecule has 0 aliphatic carbocycles. The van der Waals surface area contributed by atoms with Crippen LogP contribution in [-0.2, 0) is 0 Å². The summed E-state index contributed by atoms with van der Waals surface area (Å²) in [5.41, 5.74) is 6.96. The monoisotopic (exact) mass is 504 g/mol. The van der Waals surface area contributed by atoms with E-state index in [2.05, 4.69) is 33.9 Å². The fourth-order valence-corrected chi connectivity index (χ4v) is 4.63. The summed E-state index contributed by atoms with van der Waals surface area (Å²) < 4.78 is 19.1. The summed E-state index contributed by atoms with van der Waals surface area (Å²) in [7, 11) is 0. The molecule has 38 heavy (non-hydrogen) atoms. The molecule has 0 aliphatic rings. The van der Waals surface area contributed by atoms with Crippen molar-refractivity contribution in [3.05, 3.63) is 115 Å². The van der Waals surface area contributed by atoms with Crippen LogP contribution < -0.4 is 0 Å². The molecular weight excluding hydrogens is 479 g/mol. The maximum atomic E-state index is 13.5. The van der Waals surface area contributed by atoms with Crippen LogP contribution in [0.1, 0.15) is 29.4 Å². The second-order valence-electron chi connectivity index (χ2n) is 9.17. The molecule has 9 heteroatoms. The molecular formula is C29H25FN8. The minimum absolute atomic E-state index is 0.102. The Hall–Kier alpha value is -4.92. The van der Waals surface area contributed by atoms with Crippen molar-refractivity contribution in [1.82, 2.24) is 38.9 Å². The summed E-state index contributed by atoms with van der Waals surface area (Å²) in [6.45, 7) is 7.94. The van der Waals surface area contributed by atoms with Crippen LogP contribution in [0.5, 0.6) is 0 Å². The summed E-state index contributed by atoms with van der Waals surface area (Å²) in [6, 6.07) is 14.4. The molecule has 5 aromatic heterocycles. The summed E-state index contributed by atoms with van der Waals surface area (Å²) in [5, 5.41) is 9.21. The van der Waals surface area contributed by atoms with Crippen LogP contribution in [-0.4, -0.2) is 38.9 Å². The van der Waals surface area contributed by atoms with Crippen LogP contribution >= 0.6 is 0 Å². The number of aromatic nitrogens is 8. The quantitative estimate of drug-likeness (QED) is 0.258. The molecule has 5 heterocycles.